The molecule has 2 nitrogen and oxygen atoms in total. The number of fused-ring (bicyclic) bond motifs is 2. The largest absolute Gasteiger partial charge is 0.333 e. The highest BCUT2D eigenvalue weighted by atomic mass is 14.4. The number of benzene rings is 8. The Bertz CT molecular complexity index is 2260. The zero-order valence-electron chi connectivity index (χ0n) is 33.1. The third-order valence-electron chi connectivity index (χ3n) is 9.39. The Morgan fingerprint density at radius 1 is 0.352 bits per heavy atom. The Kier molecular flexibility index (Phi) is 16.0. The Hall–Kier alpha value is -5.80. The standard InChI is InChI=1S/C33H24.C15H16.C2H6.2CH5N/c1-23-15-17-26(18-16-23)32-28-11-5-7-13-30(28)33(31-14-8-6-12-29(31)32)27-21-19-25(20-22-27)24-9-3-2-4-10-24;1-3-13-9-5-7-11-15(13)14-10-6-4-8-12(14)2;3*1-2/h2-22H,1H3;4-11H,3H2,1-2H3;1-2H3;2*2H2,1H3. The van der Waals surface area contributed by atoms with E-state index in [1.54, 1.807) is 0 Å². The first-order chi connectivity index (χ1) is 26.6. The molecule has 0 aliphatic carbocycles. The van der Waals surface area contributed by atoms with Crippen LogP contribution in [0.2, 0.25) is 0 Å². The molecule has 0 aromatic heterocycles. The lowest BCUT2D eigenvalue weighted by atomic mass is 9.85. The minimum absolute atomic E-state index is 1.09. The molecule has 0 bridgehead atoms. The van der Waals surface area contributed by atoms with E-state index in [0.29, 0.717) is 0 Å². The van der Waals surface area contributed by atoms with Crippen LogP contribution in [0, 0.1) is 13.8 Å². The zero-order valence-corrected chi connectivity index (χ0v) is 33.1. The van der Waals surface area contributed by atoms with Gasteiger partial charge in [-0.25, -0.2) is 0 Å². The first kappa shape index (κ1) is 41.0. The van der Waals surface area contributed by atoms with Crippen molar-refractivity contribution in [2.45, 2.75) is 41.0 Å². The highest BCUT2D eigenvalue weighted by molar-refractivity contribution is 6.21. The van der Waals surface area contributed by atoms with Gasteiger partial charge in [0.1, 0.15) is 0 Å². The summed E-state index contributed by atoms with van der Waals surface area (Å²) in [5, 5.41) is 5.17. The molecular weight excluding hydrogens is 653 g/mol. The molecule has 4 N–H and O–H groups in total. The second kappa shape index (κ2) is 21.0. The molecule has 8 aromatic carbocycles. The van der Waals surface area contributed by atoms with Gasteiger partial charge in [0.25, 0.3) is 0 Å². The molecule has 0 heterocycles. The third kappa shape index (κ3) is 9.40. The highest BCUT2D eigenvalue weighted by Crippen LogP contribution is 2.43. The molecular formula is C52H56N2. The summed E-state index contributed by atoms with van der Waals surface area (Å²) in [6.45, 7) is 10.5. The van der Waals surface area contributed by atoms with Gasteiger partial charge in [-0.1, -0.05) is 202 Å². The molecule has 0 radical (unpaired) electrons. The van der Waals surface area contributed by atoms with Crippen LogP contribution in [0.3, 0.4) is 0 Å². The van der Waals surface area contributed by atoms with Gasteiger partial charge in [0, 0.05) is 0 Å². The monoisotopic (exact) mass is 708 g/mol. The van der Waals surface area contributed by atoms with E-state index in [4.69, 9.17) is 0 Å². The van der Waals surface area contributed by atoms with Crippen LogP contribution in [0.4, 0.5) is 0 Å². The summed E-state index contributed by atoms with van der Waals surface area (Å²) in [5.74, 6) is 0. The number of hydrogen-bond acceptors (Lipinski definition) is 2. The van der Waals surface area contributed by atoms with Crippen LogP contribution in [0.1, 0.15) is 37.5 Å². The van der Waals surface area contributed by atoms with Crippen LogP contribution < -0.4 is 11.5 Å². The maximum Gasteiger partial charge on any atom is -0.00264 e. The first-order valence-corrected chi connectivity index (χ1v) is 19.1. The van der Waals surface area contributed by atoms with Gasteiger partial charge in [-0.15, -0.1) is 0 Å². The Balaban J connectivity index is 0.000000260. The molecule has 0 saturated heterocycles. The molecule has 0 spiro atoms. The van der Waals surface area contributed by atoms with Crippen LogP contribution in [0.25, 0.3) is 66.1 Å². The maximum absolute atomic E-state index is 4.50. The minimum Gasteiger partial charge on any atom is -0.333 e. The van der Waals surface area contributed by atoms with Gasteiger partial charge in [0.2, 0.25) is 0 Å². The molecule has 0 fully saturated rings. The quantitative estimate of drug-likeness (QED) is 0.175. The maximum atomic E-state index is 4.50. The van der Waals surface area contributed by atoms with Crippen molar-refractivity contribution in [3.8, 4) is 44.5 Å². The van der Waals surface area contributed by atoms with E-state index in [0.717, 1.165) is 6.42 Å². The fourth-order valence-corrected chi connectivity index (χ4v) is 6.90. The fourth-order valence-electron chi connectivity index (χ4n) is 6.90. The molecule has 8 aromatic rings. The van der Waals surface area contributed by atoms with Gasteiger partial charge in [-0.3, -0.25) is 0 Å². The summed E-state index contributed by atoms with van der Waals surface area (Å²) in [6, 6.07) is 63.3. The topological polar surface area (TPSA) is 52.0 Å². The normalized spacial score (nSPS) is 10.0. The molecule has 0 aliphatic rings. The fraction of sp³-hybridized carbons (Fsp3) is 0.154. The van der Waals surface area contributed by atoms with Crippen molar-refractivity contribution in [3.05, 3.63) is 193 Å². The minimum atomic E-state index is 1.09. The molecule has 8 rings (SSSR count). The molecule has 0 unspecified atom stereocenters. The van der Waals surface area contributed by atoms with Crippen molar-refractivity contribution in [1.82, 2.24) is 0 Å². The van der Waals surface area contributed by atoms with E-state index in [9.17, 15) is 0 Å². The second-order valence-corrected chi connectivity index (χ2v) is 12.5. The Morgan fingerprint density at radius 2 is 0.704 bits per heavy atom. The Labute approximate surface area is 324 Å². The molecule has 0 aliphatic heterocycles. The molecule has 0 atom stereocenters. The summed E-state index contributed by atoms with van der Waals surface area (Å²) >= 11 is 0. The average Bonchev–Trinajstić information content (AvgIpc) is 3.26. The van der Waals surface area contributed by atoms with Crippen LogP contribution in [-0.4, -0.2) is 14.1 Å². The summed E-state index contributed by atoms with van der Waals surface area (Å²) in [5.41, 5.74) is 23.4. The number of hydrogen-bond donors (Lipinski definition) is 2. The van der Waals surface area contributed by atoms with Crippen molar-refractivity contribution in [3.63, 3.8) is 0 Å². The summed E-state index contributed by atoms with van der Waals surface area (Å²) in [7, 11) is 3.00. The van der Waals surface area contributed by atoms with Crippen molar-refractivity contribution in [1.29, 1.82) is 0 Å². The van der Waals surface area contributed by atoms with Gasteiger partial charge >= 0.3 is 0 Å². The van der Waals surface area contributed by atoms with E-state index in [1.807, 2.05) is 13.8 Å². The average molecular weight is 709 g/mol. The van der Waals surface area contributed by atoms with E-state index >= 15 is 0 Å². The van der Waals surface area contributed by atoms with Crippen LogP contribution in [0.15, 0.2) is 176 Å². The van der Waals surface area contributed by atoms with E-state index in [-0.39, 0.29) is 0 Å². The van der Waals surface area contributed by atoms with Crippen LogP contribution >= 0.6 is 0 Å². The smallest absolute Gasteiger partial charge is 0.00264 e. The van der Waals surface area contributed by atoms with Crippen molar-refractivity contribution in [2.24, 2.45) is 11.5 Å². The SMILES string of the molecule is CC.CCc1ccccc1-c1ccccc1C.CN.CN.Cc1ccc(-c2c3ccccc3c(-c3ccc(-c4ccccc4)cc3)c3ccccc23)cc1. The van der Waals surface area contributed by atoms with E-state index in [2.05, 4.69) is 208 Å². The molecule has 2 heteroatoms. The molecule has 0 saturated carbocycles. The molecule has 54 heavy (non-hydrogen) atoms. The second-order valence-electron chi connectivity index (χ2n) is 12.5. The zero-order chi connectivity index (χ0) is 38.9. The van der Waals surface area contributed by atoms with Gasteiger partial charge < -0.3 is 11.5 Å². The van der Waals surface area contributed by atoms with Gasteiger partial charge in [0.05, 0.1) is 0 Å². The molecule has 0 amide bonds. The number of nitrogens with two attached hydrogens (primary N) is 2. The van der Waals surface area contributed by atoms with Crippen molar-refractivity contribution >= 4 is 21.5 Å². The lowest BCUT2D eigenvalue weighted by Crippen LogP contribution is -1.91. The van der Waals surface area contributed by atoms with Crippen molar-refractivity contribution in [2.75, 3.05) is 14.1 Å². The number of aryl methyl sites for hydroxylation is 3. The third-order valence-corrected chi connectivity index (χ3v) is 9.39. The summed E-state index contributed by atoms with van der Waals surface area (Å²) in [6.07, 6.45) is 1.09. The van der Waals surface area contributed by atoms with Crippen molar-refractivity contribution < 1.29 is 0 Å². The van der Waals surface area contributed by atoms with Crippen LogP contribution in [-0.2, 0) is 6.42 Å². The van der Waals surface area contributed by atoms with Gasteiger partial charge in [-0.05, 0) is 112 Å². The Morgan fingerprint density at radius 3 is 1.17 bits per heavy atom. The van der Waals surface area contributed by atoms with E-state index in [1.165, 1.54) is 96.8 Å². The summed E-state index contributed by atoms with van der Waals surface area (Å²) in [4.78, 5) is 0. The lowest BCUT2D eigenvalue weighted by Gasteiger charge is -2.18. The van der Waals surface area contributed by atoms with Gasteiger partial charge in [-0.2, -0.15) is 0 Å². The first-order valence-electron chi connectivity index (χ1n) is 19.1. The lowest BCUT2D eigenvalue weighted by molar-refractivity contribution is 1.14. The summed E-state index contributed by atoms with van der Waals surface area (Å²) < 4.78 is 0. The predicted octanol–water partition coefficient (Wildman–Crippen LogP) is 13.7. The predicted molar refractivity (Wildman–Crippen MR) is 240 cm³/mol. The van der Waals surface area contributed by atoms with Gasteiger partial charge in [0.15, 0.2) is 0 Å². The molecule has 274 valence electrons. The highest BCUT2D eigenvalue weighted by Gasteiger charge is 2.16. The van der Waals surface area contributed by atoms with E-state index < -0.39 is 0 Å². The van der Waals surface area contributed by atoms with Crippen LogP contribution in [0.5, 0.6) is 0 Å². The number of rotatable bonds is 5.